The van der Waals surface area contributed by atoms with Gasteiger partial charge in [-0.3, -0.25) is 24.2 Å². The normalized spacial score (nSPS) is 22.1. The average Bonchev–Trinajstić information content (AvgIpc) is 3.24. The molecule has 2 fully saturated rings. The zero-order chi connectivity index (χ0) is 29.0. The highest BCUT2D eigenvalue weighted by molar-refractivity contribution is 14.1. The number of halogens is 4. The molecule has 0 bridgehead atoms. The quantitative estimate of drug-likeness (QED) is 0.173. The standard InChI is InChI=1S/C29H32ClF2IN2O5/c1-18(21-3-4-22(30)23(31)15-21)34(16-19-8-10-29(33,11-9-19)28(38)39)17-20-2-5-25(24(32)14-20)40-13-12-35-26(36)6-7-27(35)37/h2-5,14-15,18-19H,6-13,16-17H2,1H3,(H,38,39). The zero-order valence-corrected chi connectivity index (χ0v) is 25.1. The van der Waals surface area contributed by atoms with E-state index >= 15 is 0 Å². The molecule has 0 radical (unpaired) electrons. The van der Waals surface area contributed by atoms with Crippen LogP contribution in [0.1, 0.15) is 62.6 Å². The maximum atomic E-state index is 15.0. The number of carbonyl (C=O) groups is 3. The molecule has 4 rings (SSSR count). The lowest BCUT2D eigenvalue weighted by Crippen LogP contribution is -2.39. The monoisotopic (exact) mass is 688 g/mol. The highest BCUT2D eigenvalue weighted by atomic mass is 127. The fourth-order valence-corrected chi connectivity index (χ4v) is 6.06. The van der Waals surface area contributed by atoms with Gasteiger partial charge in [0.2, 0.25) is 11.8 Å². The molecule has 1 saturated heterocycles. The molecular weight excluding hydrogens is 657 g/mol. The van der Waals surface area contributed by atoms with Gasteiger partial charge in [0, 0.05) is 32.0 Å². The second kappa shape index (κ2) is 13.1. The minimum Gasteiger partial charge on any atom is -0.489 e. The van der Waals surface area contributed by atoms with Crippen LogP contribution >= 0.6 is 34.2 Å². The number of carbonyl (C=O) groups excluding carboxylic acids is 2. The molecular formula is C29H32ClF2IN2O5. The molecule has 1 aliphatic carbocycles. The summed E-state index contributed by atoms with van der Waals surface area (Å²) in [4.78, 5) is 38.5. The SMILES string of the molecule is CC(c1ccc(Cl)c(F)c1)N(Cc1ccc(OCCN2C(=O)CCC2=O)c(F)c1)CC1CCC(I)(C(=O)O)CC1. The van der Waals surface area contributed by atoms with Gasteiger partial charge in [0.05, 0.1) is 11.6 Å². The van der Waals surface area contributed by atoms with Crippen LogP contribution in [0.2, 0.25) is 5.02 Å². The van der Waals surface area contributed by atoms with Gasteiger partial charge in [-0.25, -0.2) is 8.78 Å². The first kappa shape index (κ1) is 30.6. The number of carboxylic acids is 1. The van der Waals surface area contributed by atoms with Crippen LogP contribution < -0.4 is 4.74 Å². The molecule has 2 amide bonds. The molecule has 1 atom stereocenters. The van der Waals surface area contributed by atoms with Crippen LogP contribution in [-0.2, 0) is 20.9 Å². The van der Waals surface area contributed by atoms with Crippen molar-refractivity contribution in [1.29, 1.82) is 0 Å². The number of hydrogen-bond acceptors (Lipinski definition) is 5. The van der Waals surface area contributed by atoms with Crippen LogP contribution in [0.3, 0.4) is 0 Å². The van der Waals surface area contributed by atoms with Crippen LogP contribution in [0.4, 0.5) is 8.78 Å². The first-order chi connectivity index (χ1) is 19.0. The lowest BCUT2D eigenvalue weighted by molar-refractivity contribution is -0.141. The molecule has 216 valence electrons. The van der Waals surface area contributed by atoms with Crippen LogP contribution in [0.5, 0.6) is 5.75 Å². The zero-order valence-electron chi connectivity index (χ0n) is 22.2. The molecule has 2 aromatic rings. The molecule has 2 aromatic carbocycles. The summed E-state index contributed by atoms with van der Waals surface area (Å²) >= 11 is 7.94. The number of ether oxygens (including phenoxy) is 1. The average molecular weight is 689 g/mol. The van der Waals surface area contributed by atoms with E-state index in [1.54, 1.807) is 12.1 Å². The van der Waals surface area contributed by atoms with E-state index in [1.165, 1.54) is 24.3 Å². The Labute approximate surface area is 250 Å². The van der Waals surface area contributed by atoms with Gasteiger partial charge in [-0.05, 0) is 73.9 Å². The topological polar surface area (TPSA) is 87.2 Å². The summed E-state index contributed by atoms with van der Waals surface area (Å²) in [6, 6.07) is 9.17. The van der Waals surface area contributed by atoms with Crippen molar-refractivity contribution >= 4 is 52.0 Å². The molecule has 1 unspecified atom stereocenters. The minimum atomic E-state index is -0.787. The summed E-state index contributed by atoms with van der Waals surface area (Å²) in [6.45, 7) is 3.04. The smallest absolute Gasteiger partial charge is 0.319 e. The second-order valence-corrected chi connectivity index (χ2v) is 13.0. The lowest BCUT2D eigenvalue weighted by atomic mass is 9.81. The van der Waals surface area contributed by atoms with Gasteiger partial charge in [-0.15, -0.1) is 0 Å². The summed E-state index contributed by atoms with van der Waals surface area (Å²) in [7, 11) is 0. The molecule has 7 nitrogen and oxygen atoms in total. The van der Waals surface area contributed by atoms with E-state index in [0.29, 0.717) is 31.5 Å². The maximum Gasteiger partial charge on any atom is 0.319 e. The van der Waals surface area contributed by atoms with Gasteiger partial charge in [0.25, 0.3) is 0 Å². The van der Waals surface area contributed by atoms with E-state index in [-0.39, 0.29) is 60.5 Å². The first-order valence-corrected chi connectivity index (χ1v) is 14.8. The van der Waals surface area contributed by atoms with Crippen LogP contribution in [0, 0.1) is 17.6 Å². The summed E-state index contributed by atoms with van der Waals surface area (Å²) in [5.74, 6) is -2.08. The van der Waals surface area contributed by atoms with Gasteiger partial charge in [0.1, 0.15) is 15.8 Å². The molecule has 2 aliphatic rings. The van der Waals surface area contributed by atoms with Crippen molar-refractivity contribution in [1.82, 2.24) is 9.80 Å². The number of hydrogen-bond donors (Lipinski definition) is 1. The fourth-order valence-electron chi connectivity index (χ4n) is 5.32. The van der Waals surface area contributed by atoms with Crippen molar-refractivity contribution in [2.75, 3.05) is 19.7 Å². The largest absolute Gasteiger partial charge is 0.489 e. The van der Waals surface area contributed by atoms with Gasteiger partial charge in [-0.1, -0.05) is 46.3 Å². The Morgan fingerprint density at radius 1 is 1.15 bits per heavy atom. The predicted octanol–water partition coefficient (Wildman–Crippen LogP) is 6.16. The van der Waals surface area contributed by atoms with Crippen LogP contribution in [0.25, 0.3) is 0 Å². The van der Waals surface area contributed by atoms with Gasteiger partial charge in [0.15, 0.2) is 11.6 Å². The third kappa shape index (κ3) is 7.30. The fraction of sp³-hybridized carbons (Fsp3) is 0.483. The number of benzene rings is 2. The summed E-state index contributed by atoms with van der Waals surface area (Å²) in [5.41, 5.74) is 1.43. The van der Waals surface area contributed by atoms with Crippen molar-refractivity contribution in [3.8, 4) is 5.75 Å². The van der Waals surface area contributed by atoms with E-state index < -0.39 is 21.0 Å². The molecule has 40 heavy (non-hydrogen) atoms. The number of imide groups is 1. The third-order valence-corrected chi connectivity index (χ3v) is 9.70. The van der Waals surface area contributed by atoms with Crippen molar-refractivity contribution in [2.24, 2.45) is 5.92 Å². The Kier molecular flexibility index (Phi) is 10.0. The Balaban J connectivity index is 1.45. The minimum absolute atomic E-state index is 0.00460. The molecule has 1 saturated carbocycles. The molecule has 1 heterocycles. The van der Waals surface area contributed by atoms with Gasteiger partial charge in [-0.2, -0.15) is 0 Å². The van der Waals surface area contributed by atoms with E-state index in [0.717, 1.165) is 23.3 Å². The highest BCUT2D eigenvalue weighted by Gasteiger charge is 2.40. The van der Waals surface area contributed by atoms with Crippen molar-refractivity contribution < 1.29 is 33.0 Å². The Bertz CT molecular complexity index is 1250. The van der Waals surface area contributed by atoms with Crippen molar-refractivity contribution in [3.63, 3.8) is 0 Å². The molecule has 1 aliphatic heterocycles. The van der Waals surface area contributed by atoms with E-state index in [2.05, 4.69) is 4.90 Å². The first-order valence-electron chi connectivity index (χ1n) is 13.3. The lowest BCUT2D eigenvalue weighted by Gasteiger charge is -2.37. The summed E-state index contributed by atoms with van der Waals surface area (Å²) in [6.07, 6.45) is 3.02. The Hall–Kier alpha value is -2.31. The maximum absolute atomic E-state index is 15.0. The van der Waals surface area contributed by atoms with Gasteiger partial charge < -0.3 is 9.84 Å². The molecule has 11 heteroatoms. The molecule has 1 N–H and O–H groups in total. The number of aliphatic carboxylic acids is 1. The molecule has 0 spiro atoms. The highest BCUT2D eigenvalue weighted by Crippen LogP contribution is 2.40. The van der Waals surface area contributed by atoms with Crippen LogP contribution in [-0.4, -0.2) is 55.8 Å². The van der Waals surface area contributed by atoms with E-state index in [4.69, 9.17) is 16.3 Å². The number of nitrogens with zero attached hydrogens (tertiary/aromatic N) is 2. The third-order valence-electron chi connectivity index (χ3n) is 7.86. The van der Waals surface area contributed by atoms with Crippen LogP contribution in [0.15, 0.2) is 36.4 Å². The Morgan fingerprint density at radius 2 is 1.82 bits per heavy atom. The second-order valence-electron chi connectivity index (χ2n) is 10.5. The number of carboxylic acid groups (broad SMARTS) is 1. The van der Waals surface area contributed by atoms with E-state index in [9.17, 15) is 28.3 Å². The summed E-state index contributed by atoms with van der Waals surface area (Å²) < 4.78 is 34.0. The predicted molar refractivity (Wildman–Crippen MR) is 154 cm³/mol. The Morgan fingerprint density at radius 3 is 2.42 bits per heavy atom. The number of likely N-dealkylation sites (tertiary alicyclic amines) is 1. The number of amides is 2. The molecule has 0 aromatic heterocycles. The van der Waals surface area contributed by atoms with Gasteiger partial charge >= 0.3 is 5.97 Å². The van der Waals surface area contributed by atoms with E-state index in [1.807, 2.05) is 29.5 Å². The van der Waals surface area contributed by atoms with Crippen molar-refractivity contribution in [3.05, 3.63) is 64.2 Å². The number of rotatable bonds is 11. The van der Waals surface area contributed by atoms with Crippen molar-refractivity contribution in [2.45, 2.75) is 61.5 Å². The summed E-state index contributed by atoms with van der Waals surface area (Å²) in [5, 5.41) is 9.62. The number of alkyl halides is 1.